The van der Waals surface area contributed by atoms with Crippen molar-refractivity contribution in [2.75, 3.05) is 26.3 Å². The Labute approximate surface area is 155 Å². The highest BCUT2D eigenvalue weighted by Gasteiger charge is 2.20. The first-order valence-electron chi connectivity index (χ1n) is 8.30. The number of ether oxygens (including phenoxy) is 1. The highest BCUT2D eigenvalue weighted by Crippen LogP contribution is 2.28. The van der Waals surface area contributed by atoms with Crippen LogP contribution >= 0.6 is 24.0 Å². The van der Waals surface area contributed by atoms with E-state index in [1.807, 2.05) is 4.57 Å². The number of rotatable bonds is 10. The summed E-state index contributed by atoms with van der Waals surface area (Å²) in [6.07, 6.45) is 5.42. The van der Waals surface area contributed by atoms with Crippen LogP contribution in [-0.2, 0) is 17.8 Å². The maximum atomic E-state index is 5.63. The van der Waals surface area contributed by atoms with E-state index in [2.05, 4.69) is 39.7 Å². The van der Waals surface area contributed by atoms with Crippen molar-refractivity contribution in [3.8, 4) is 0 Å². The molecule has 0 amide bonds. The molecule has 1 heterocycles. The summed E-state index contributed by atoms with van der Waals surface area (Å²) in [5, 5.41) is 14.6. The lowest BCUT2D eigenvalue weighted by molar-refractivity contribution is 0.123. The van der Waals surface area contributed by atoms with Gasteiger partial charge in [0.25, 0.3) is 0 Å². The molecule has 23 heavy (non-hydrogen) atoms. The highest BCUT2D eigenvalue weighted by molar-refractivity contribution is 14.0. The van der Waals surface area contributed by atoms with E-state index in [1.54, 1.807) is 6.33 Å². The SMILES string of the molecule is CCNC(=NCc1nncn1CC)NCCCOCC1CC1.I. The second kappa shape index (κ2) is 11.6. The first-order chi connectivity index (χ1) is 10.8. The van der Waals surface area contributed by atoms with Gasteiger partial charge in [0.1, 0.15) is 12.9 Å². The molecule has 1 fully saturated rings. The predicted molar refractivity (Wildman–Crippen MR) is 102 cm³/mol. The highest BCUT2D eigenvalue weighted by atomic mass is 127. The Kier molecular flexibility index (Phi) is 10.2. The second-order valence-electron chi connectivity index (χ2n) is 5.53. The zero-order valence-electron chi connectivity index (χ0n) is 14.1. The molecule has 1 aliphatic carbocycles. The number of hydrogen-bond donors (Lipinski definition) is 2. The molecule has 0 spiro atoms. The van der Waals surface area contributed by atoms with Crippen LogP contribution in [0, 0.1) is 5.92 Å². The summed E-state index contributed by atoms with van der Waals surface area (Å²) >= 11 is 0. The van der Waals surface area contributed by atoms with Crippen LogP contribution in [0.15, 0.2) is 11.3 Å². The number of aryl methyl sites for hydroxylation is 1. The average molecular weight is 436 g/mol. The maximum absolute atomic E-state index is 5.63. The number of aromatic nitrogens is 3. The Morgan fingerprint density at radius 1 is 1.39 bits per heavy atom. The van der Waals surface area contributed by atoms with Crippen molar-refractivity contribution in [1.82, 2.24) is 25.4 Å². The fourth-order valence-electron chi connectivity index (χ4n) is 2.07. The summed E-state index contributed by atoms with van der Waals surface area (Å²) in [6.45, 7) is 8.96. The van der Waals surface area contributed by atoms with Crippen LogP contribution in [-0.4, -0.2) is 47.0 Å². The fraction of sp³-hybridized carbons (Fsp3) is 0.800. The minimum atomic E-state index is 0. The van der Waals surface area contributed by atoms with Crippen molar-refractivity contribution < 1.29 is 4.74 Å². The van der Waals surface area contributed by atoms with Crippen molar-refractivity contribution in [1.29, 1.82) is 0 Å². The third-order valence-corrected chi connectivity index (χ3v) is 3.57. The molecule has 1 aromatic rings. The lowest BCUT2D eigenvalue weighted by Gasteiger charge is -2.11. The lowest BCUT2D eigenvalue weighted by Crippen LogP contribution is -2.38. The monoisotopic (exact) mass is 436 g/mol. The Hall–Kier alpha value is -0.900. The third-order valence-electron chi connectivity index (χ3n) is 3.57. The van der Waals surface area contributed by atoms with E-state index in [0.717, 1.165) is 57.0 Å². The largest absolute Gasteiger partial charge is 0.381 e. The molecule has 8 heteroatoms. The van der Waals surface area contributed by atoms with E-state index in [0.29, 0.717) is 6.54 Å². The van der Waals surface area contributed by atoms with E-state index in [4.69, 9.17) is 4.74 Å². The quantitative estimate of drug-likeness (QED) is 0.253. The Morgan fingerprint density at radius 2 is 2.22 bits per heavy atom. The zero-order chi connectivity index (χ0) is 15.6. The third kappa shape index (κ3) is 7.96. The van der Waals surface area contributed by atoms with Crippen LogP contribution < -0.4 is 10.6 Å². The minimum Gasteiger partial charge on any atom is -0.381 e. The van der Waals surface area contributed by atoms with Crippen molar-refractivity contribution in [3.63, 3.8) is 0 Å². The molecule has 0 unspecified atom stereocenters. The van der Waals surface area contributed by atoms with Crippen LogP contribution in [0.5, 0.6) is 0 Å². The van der Waals surface area contributed by atoms with Crippen LogP contribution in [0.4, 0.5) is 0 Å². The molecule has 0 bridgehead atoms. The van der Waals surface area contributed by atoms with Gasteiger partial charge in [0, 0.05) is 32.8 Å². The molecule has 132 valence electrons. The number of hydrogen-bond acceptors (Lipinski definition) is 4. The molecular formula is C15H29IN6O. The van der Waals surface area contributed by atoms with Gasteiger partial charge in [0.05, 0.1) is 0 Å². The molecule has 0 atom stereocenters. The number of guanidine groups is 1. The normalized spacial score (nSPS) is 14.4. The summed E-state index contributed by atoms with van der Waals surface area (Å²) in [5.41, 5.74) is 0. The molecule has 7 nitrogen and oxygen atoms in total. The van der Waals surface area contributed by atoms with Crippen LogP contribution in [0.2, 0.25) is 0 Å². The Morgan fingerprint density at radius 3 is 2.91 bits per heavy atom. The van der Waals surface area contributed by atoms with Gasteiger partial charge in [-0.3, -0.25) is 0 Å². The van der Waals surface area contributed by atoms with E-state index in [1.165, 1.54) is 12.8 Å². The first-order valence-corrected chi connectivity index (χ1v) is 8.30. The molecule has 0 aliphatic heterocycles. The minimum absolute atomic E-state index is 0. The number of nitrogens with one attached hydrogen (secondary N) is 2. The van der Waals surface area contributed by atoms with Gasteiger partial charge in [-0.15, -0.1) is 34.2 Å². The van der Waals surface area contributed by atoms with Crippen LogP contribution in [0.25, 0.3) is 0 Å². The van der Waals surface area contributed by atoms with E-state index >= 15 is 0 Å². The molecule has 2 N–H and O–H groups in total. The Bertz CT molecular complexity index is 461. The second-order valence-corrected chi connectivity index (χ2v) is 5.53. The average Bonchev–Trinajstić information content (AvgIpc) is 3.24. The molecule has 2 rings (SSSR count). The molecule has 0 aromatic carbocycles. The van der Waals surface area contributed by atoms with Crippen molar-refractivity contribution in [2.45, 2.75) is 46.2 Å². The topological polar surface area (TPSA) is 76.4 Å². The van der Waals surface area contributed by atoms with Crippen LogP contribution in [0.3, 0.4) is 0 Å². The van der Waals surface area contributed by atoms with Gasteiger partial charge >= 0.3 is 0 Å². The predicted octanol–water partition coefficient (Wildman–Crippen LogP) is 1.79. The summed E-state index contributed by atoms with van der Waals surface area (Å²) in [7, 11) is 0. The smallest absolute Gasteiger partial charge is 0.191 e. The van der Waals surface area contributed by atoms with Gasteiger partial charge in [-0.05, 0) is 39.0 Å². The van der Waals surface area contributed by atoms with Gasteiger partial charge < -0.3 is 19.9 Å². The Balaban J connectivity index is 0.00000264. The van der Waals surface area contributed by atoms with Gasteiger partial charge in [-0.1, -0.05) is 0 Å². The molecule has 0 saturated heterocycles. The van der Waals surface area contributed by atoms with Gasteiger partial charge in [0.15, 0.2) is 11.8 Å². The van der Waals surface area contributed by atoms with E-state index < -0.39 is 0 Å². The molecule has 1 aromatic heterocycles. The van der Waals surface area contributed by atoms with Crippen molar-refractivity contribution in [2.24, 2.45) is 10.9 Å². The summed E-state index contributed by atoms with van der Waals surface area (Å²) in [4.78, 5) is 4.55. The molecular weight excluding hydrogens is 407 g/mol. The van der Waals surface area contributed by atoms with Gasteiger partial charge in [0.2, 0.25) is 0 Å². The summed E-state index contributed by atoms with van der Waals surface area (Å²) in [5.74, 6) is 2.53. The first kappa shape index (κ1) is 20.1. The standard InChI is InChI=1S/C15H28N6O.HI/c1-3-16-15(17-8-5-9-22-11-13-6-7-13)18-10-14-20-19-12-21(14)4-2;/h12-13H,3-11H2,1-2H3,(H2,16,17,18);1H. The van der Waals surface area contributed by atoms with E-state index in [9.17, 15) is 0 Å². The molecule has 1 saturated carbocycles. The van der Waals surface area contributed by atoms with Crippen LogP contribution in [0.1, 0.15) is 38.9 Å². The molecule has 0 radical (unpaired) electrons. The molecule has 1 aliphatic rings. The van der Waals surface area contributed by atoms with Crippen molar-refractivity contribution in [3.05, 3.63) is 12.2 Å². The van der Waals surface area contributed by atoms with E-state index in [-0.39, 0.29) is 24.0 Å². The number of aliphatic imine (C=N–C) groups is 1. The van der Waals surface area contributed by atoms with Gasteiger partial charge in [-0.2, -0.15) is 0 Å². The van der Waals surface area contributed by atoms with Gasteiger partial charge in [-0.25, -0.2) is 4.99 Å². The zero-order valence-corrected chi connectivity index (χ0v) is 16.5. The number of halogens is 1. The fourth-order valence-corrected chi connectivity index (χ4v) is 2.07. The summed E-state index contributed by atoms with van der Waals surface area (Å²) in [6, 6.07) is 0. The lowest BCUT2D eigenvalue weighted by atomic mass is 10.4. The maximum Gasteiger partial charge on any atom is 0.191 e. The number of nitrogens with zero attached hydrogens (tertiary/aromatic N) is 4. The van der Waals surface area contributed by atoms with Crippen molar-refractivity contribution >= 4 is 29.9 Å². The summed E-state index contributed by atoms with van der Waals surface area (Å²) < 4.78 is 7.63.